The number of fused-ring (bicyclic) bond motifs is 1. The smallest absolute Gasteiger partial charge is 0.323 e. The fourth-order valence-corrected chi connectivity index (χ4v) is 11.0. The van der Waals surface area contributed by atoms with Crippen molar-refractivity contribution in [3.8, 4) is 5.75 Å². The van der Waals surface area contributed by atoms with Gasteiger partial charge in [0.05, 0.1) is 82.6 Å². The molecule has 0 unspecified atom stereocenters. The Morgan fingerprint density at radius 3 is 1.77 bits per heavy atom. The van der Waals surface area contributed by atoms with E-state index in [4.69, 9.17) is 29.2 Å². The van der Waals surface area contributed by atoms with Crippen LogP contribution in [-0.2, 0) is 76.2 Å². The number of hydrogen-bond donors (Lipinski definition) is 15. The number of aromatic amines is 1. The molecular weight excluding hydrogens is 1280 g/mol. The van der Waals surface area contributed by atoms with Gasteiger partial charge in [-0.2, -0.15) is 4.72 Å². The number of aromatic nitrogens is 3. The van der Waals surface area contributed by atoms with Gasteiger partial charge in [0.25, 0.3) is 11.9 Å². The number of sulfonamides is 1. The van der Waals surface area contributed by atoms with Gasteiger partial charge < -0.3 is 95.9 Å². The molecule has 4 rings (SSSR count). The first-order chi connectivity index (χ1) is 44.9. The van der Waals surface area contributed by atoms with Crippen LogP contribution in [0.5, 0.6) is 5.75 Å². The molecule has 2 heterocycles. The Kier molecular flexibility index (Phi) is 33.0. The predicted octanol–water partition coefficient (Wildman–Crippen LogP) is -3.38. The van der Waals surface area contributed by atoms with Gasteiger partial charge in [0, 0.05) is 103 Å². The van der Waals surface area contributed by atoms with Crippen LogP contribution in [0.15, 0.2) is 58.6 Å². The average molecular weight is 1370 g/mol. The molecule has 2 atom stereocenters. The molecule has 0 aliphatic carbocycles. The van der Waals surface area contributed by atoms with Gasteiger partial charge in [-0.05, 0) is 74.1 Å². The Labute approximate surface area is 544 Å². The van der Waals surface area contributed by atoms with Crippen molar-refractivity contribution in [3.63, 3.8) is 0 Å². The topological polar surface area (TPSA) is 519 Å². The SMILES string of the molecule is Cc1cc(OCCCC(=O)NCCCOCCOCCOCCCNC(=O)[C@@H](CC(O)(O)O)NC(=O)CN(CCN(CCN(CC(=O)O)CC(=O)O)CC(=O)O)CC(=O)O)cc(C)c1S(=O)(=O)N[C@@H](CNC(=O)c1cn(C)c2cc(CNc3ncc[nH]3)ccc2c1=O)C(=O)O. The molecule has 95 heavy (non-hydrogen) atoms. The minimum absolute atomic E-state index is 0.0235. The number of rotatable bonds is 49. The van der Waals surface area contributed by atoms with Crippen LogP contribution in [0.4, 0.5) is 5.95 Å². The predicted molar refractivity (Wildman–Crippen MR) is 333 cm³/mol. The van der Waals surface area contributed by atoms with E-state index in [0.29, 0.717) is 49.8 Å². The minimum Gasteiger partial charge on any atom is -0.494 e. The molecule has 4 aromatic rings. The number of aryl methyl sites for hydroxylation is 3. The van der Waals surface area contributed by atoms with E-state index in [1.54, 1.807) is 42.2 Å². The molecular formula is C58H84N12O24S. The van der Waals surface area contributed by atoms with Crippen molar-refractivity contribution < 1.29 is 111 Å². The Morgan fingerprint density at radius 2 is 1.22 bits per heavy atom. The van der Waals surface area contributed by atoms with Crippen LogP contribution in [0, 0.1) is 13.8 Å². The van der Waals surface area contributed by atoms with Crippen LogP contribution in [0.1, 0.15) is 59.2 Å². The first-order valence-electron chi connectivity index (χ1n) is 29.8. The second kappa shape index (κ2) is 39.8. The van der Waals surface area contributed by atoms with Gasteiger partial charge >= 0.3 is 29.8 Å². The fraction of sp³-hybridized carbons (Fsp3) is 0.534. The number of carboxylic acid groups (broad SMARTS) is 5. The number of nitrogens with one attached hydrogen (secondary N) is 7. The molecule has 0 fully saturated rings. The van der Waals surface area contributed by atoms with Crippen LogP contribution in [0.25, 0.3) is 10.9 Å². The lowest BCUT2D eigenvalue weighted by Crippen LogP contribution is -2.53. The molecule has 0 bridgehead atoms. The lowest BCUT2D eigenvalue weighted by atomic mass is 10.1. The number of H-pyrrole nitrogens is 1. The highest BCUT2D eigenvalue weighted by Gasteiger charge is 2.33. The largest absolute Gasteiger partial charge is 0.494 e. The second-order valence-corrected chi connectivity index (χ2v) is 23.4. The van der Waals surface area contributed by atoms with Gasteiger partial charge in [-0.1, -0.05) is 6.07 Å². The summed E-state index contributed by atoms with van der Waals surface area (Å²) >= 11 is 0. The fourth-order valence-electron chi connectivity index (χ4n) is 9.40. The highest BCUT2D eigenvalue weighted by Crippen LogP contribution is 2.26. The first kappa shape index (κ1) is 78.7. The third kappa shape index (κ3) is 30.0. The third-order valence-corrected chi connectivity index (χ3v) is 15.5. The second-order valence-electron chi connectivity index (χ2n) is 21.7. The molecule has 526 valence electrons. The van der Waals surface area contributed by atoms with Crippen molar-refractivity contribution in [1.82, 2.24) is 55.2 Å². The highest BCUT2D eigenvalue weighted by molar-refractivity contribution is 7.89. The lowest BCUT2D eigenvalue weighted by Gasteiger charge is -2.28. The van der Waals surface area contributed by atoms with Gasteiger partial charge in [0.1, 0.15) is 23.4 Å². The molecule has 15 N–H and O–H groups in total. The molecule has 0 saturated heterocycles. The van der Waals surface area contributed by atoms with Gasteiger partial charge in [-0.15, -0.1) is 0 Å². The third-order valence-electron chi connectivity index (χ3n) is 13.7. The summed E-state index contributed by atoms with van der Waals surface area (Å²) < 4.78 is 53.3. The summed E-state index contributed by atoms with van der Waals surface area (Å²) in [5, 5.41) is 89.0. The summed E-state index contributed by atoms with van der Waals surface area (Å²) in [6.45, 7) is 0.321. The number of benzene rings is 2. The number of pyridine rings is 1. The zero-order valence-corrected chi connectivity index (χ0v) is 53.5. The molecule has 0 aliphatic rings. The molecule has 4 amide bonds. The van der Waals surface area contributed by atoms with E-state index >= 15 is 0 Å². The maximum absolute atomic E-state index is 13.6. The number of nitrogens with zero attached hydrogens (tertiary/aromatic N) is 5. The Morgan fingerprint density at radius 1 is 0.674 bits per heavy atom. The number of aliphatic hydroxyl groups is 3. The summed E-state index contributed by atoms with van der Waals surface area (Å²) in [6, 6.07) is 4.45. The van der Waals surface area contributed by atoms with Gasteiger partial charge in [0.2, 0.25) is 33.2 Å². The number of carbonyl (C=O) groups excluding carboxylic acids is 4. The molecule has 0 aliphatic heterocycles. The summed E-state index contributed by atoms with van der Waals surface area (Å²) in [5.41, 5.74) is 0.960. The van der Waals surface area contributed by atoms with Crippen molar-refractivity contribution in [3.05, 3.63) is 81.4 Å². The quantitative estimate of drug-likeness (QED) is 0.0152. The number of imidazole rings is 1. The zero-order valence-electron chi connectivity index (χ0n) is 52.7. The Balaban J connectivity index is 1.06. The zero-order chi connectivity index (χ0) is 70.3. The maximum Gasteiger partial charge on any atom is 0.323 e. The van der Waals surface area contributed by atoms with Gasteiger partial charge in [-0.3, -0.25) is 62.6 Å². The molecule has 36 nitrogen and oxygen atoms in total. The molecule has 0 saturated carbocycles. The summed E-state index contributed by atoms with van der Waals surface area (Å²) in [6.07, 6.45) is 4.69. The van der Waals surface area contributed by atoms with Crippen molar-refractivity contribution in [2.45, 2.75) is 75.4 Å². The van der Waals surface area contributed by atoms with E-state index in [1.807, 2.05) is 0 Å². The number of aliphatic carboxylic acids is 5. The summed E-state index contributed by atoms with van der Waals surface area (Å²) in [7, 11) is -2.85. The van der Waals surface area contributed by atoms with Crippen LogP contribution >= 0.6 is 0 Å². The van der Waals surface area contributed by atoms with Gasteiger partial charge in [0.15, 0.2) is 5.95 Å². The number of carbonyl (C=O) groups is 9. The Hall–Kier alpha value is -8.76. The summed E-state index contributed by atoms with van der Waals surface area (Å²) in [4.78, 5) is 133. The van der Waals surface area contributed by atoms with Crippen LogP contribution in [0.2, 0.25) is 0 Å². The van der Waals surface area contributed by atoms with Gasteiger partial charge in [-0.25, -0.2) is 13.4 Å². The Bertz CT molecular complexity index is 3360. The molecule has 0 spiro atoms. The van der Waals surface area contributed by atoms with E-state index in [0.717, 1.165) is 15.4 Å². The van der Waals surface area contributed by atoms with Crippen LogP contribution in [-0.4, -0.2) is 275 Å². The standard InChI is InChI=1S/C58H84N12O24S/c1-37-25-40(26-38(2)53(37)95(89,90)66-44(56(84)85)30-63-54(82)42-31-67(3)45-27-39(8-9-41(45)52(42)81)29-64-57-61-12-13-62-57)94-20-4-7-46(71)59-10-5-18-91-21-23-93-24-22-92-19-6-11-60-55(83)43(28-58(86,87)88)65-47(72)32-69(34-49(75)76)16-14-68(33-48(73)74)15-17-70(35-50(77)78)36-51(79)80/h8-9,12-13,25-27,31,43-44,66,86-88H,4-7,10-11,14-24,28-30,32-36H2,1-3H3,(H,59,71)(H,60,83)(H,63,82)(H,65,72)(H,73,74)(H,75,76)(H,77,78)(H,79,80)(H,84,85)(H2,61,62,64)/t43-,44+/m1/s1. The summed E-state index contributed by atoms with van der Waals surface area (Å²) in [5.74, 6) is -12.5. The number of ether oxygens (including phenoxy) is 4. The van der Waals surface area contributed by atoms with E-state index in [2.05, 4.69) is 41.3 Å². The van der Waals surface area contributed by atoms with Crippen molar-refractivity contribution in [2.75, 3.05) is 130 Å². The normalized spacial score (nSPS) is 12.3. The molecule has 2 aromatic carbocycles. The van der Waals surface area contributed by atoms with Crippen molar-refractivity contribution in [1.29, 1.82) is 0 Å². The molecule has 2 aromatic heterocycles. The van der Waals surface area contributed by atoms with E-state index in [-0.39, 0.29) is 118 Å². The minimum atomic E-state index is -4.49. The average Bonchev–Trinajstić information content (AvgIpc) is 0.973. The molecule has 0 radical (unpaired) electrons. The first-order valence-corrected chi connectivity index (χ1v) is 31.3. The van der Waals surface area contributed by atoms with E-state index < -0.39 is 127 Å². The maximum atomic E-state index is 13.6. The van der Waals surface area contributed by atoms with Crippen molar-refractivity contribution in [2.24, 2.45) is 7.05 Å². The number of amides is 4. The van der Waals surface area contributed by atoms with Crippen LogP contribution < -0.4 is 41.5 Å². The van der Waals surface area contributed by atoms with E-state index in [1.165, 1.54) is 37.1 Å². The van der Waals surface area contributed by atoms with Crippen molar-refractivity contribution >= 4 is 80.3 Å². The number of carboxylic acids is 5. The van der Waals surface area contributed by atoms with E-state index in [9.17, 15) is 87.0 Å². The number of hydrogen-bond acceptors (Lipinski definition) is 24. The molecule has 37 heteroatoms. The monoisotopic (exact) mass is 1360 g/mol. The number of anilines is 1. The highest BCUT2D eigenvalue weighted by atomic mass is 32.2. The lowest BCUT2D eigenvalue weighted by molar-refractivity contribution is -0.316. The van der Waals surface area contributed by atoms with Crippen LogP contribution in [0.3, 0.4) is 0 Å².